The molecule has 0 radical (unpaired) electrons. The highest BCUT2D eigenvalue weighted by Gasteiger charge is 2.15. The highest BCUT2D eigenvalue weighted by Crippen LogP contribution is 2.22. The first-order valence-corrected chi connectivity index (χ1v) is 8.78. The summed E-state index contributed by atoms with van der Waals surface area (Å²) in [6.45, 7) is 6.26. The first-order valence-electron chi connectivity index (χ1n) is 8.37. The smallest absolute Gasteiger partial charge is 0.269 e. The molecule has 27 heavy (non-hydrogen) atoms. The average molecular weight is 387 g/mol. The molecule has 7 nitrogen and oxygen atoms in total. The number of anilines is 1. The van der Waals surface area contributed by atoms with Crippen LogP contribution in [0.3, 0.4) is 0 Å². The number of para-hydroxylation sites is 1. The Kier molecular flexibility index (Phi) is 6.84. The minimum Gasteiger partial charge on any atom is -0.492 e. The Balaban J connectivity index is 2.06. The van der Waals surface area contributed by atoms with Crippen LogP contribution in [-0.2, 0) is 0 Å². The van der Waals surface area contributed by atoms with Gasteiger partial charge >= 0.3 is 0 Å². The van der Waals surface area contributed by atoms with Gasteiger partial charge in [-0.15, -0.1) is 0 Å². The van der Waals surface area contributed by atoms with E-state index >= 15 is 0 Å². The maximum absolute atomic E-state index is 12.5. The molecule has 0 aliphatic carbocycles. The number of carbonyl (C=O) groups is 1. The zero-order valence-electron chi connectivity index (χ0n) is 15.3. The van der Waals surface area contributed by atoms with Crippen molar-refractivity contribution in [2.24, 2.45) is 5.92 Å². The number of hydrogen-bond donors (Lipinski definition) is 2. The molecule has 0 aromatic heterocycles. The molecule has 0 spiro atoms. The summed E-state index contributed by atoms with van der Waals surface area (Å²) in [5.74, 6) is 0.415. The summed E-state index contributed by atoms with van der Waals surface area (Å²) in [7, 11) is 0. The molecular formula is C19H21N3O4S. The number of thiocarbonyl (C=S) groups is 1. The van der Waals surface area contributed by atoms with Crippen LogP contribution in [0.4, 0.5) is 11.4 Å². The monoisotopic (exact) mass is 387 g/mol. The van der Waals surface area contributed by atoms with E-state index < -0.39 is 10.8 Å². The van der Waals surface area contributed by atoms with E-state index in [1.165, 1.54) is 12.1 Å². The lowest BCUT2D eigenvalue weighted by Crippen LogP contribution is -2.34. The normalized spacial score (nSPS) is 10.4. The van der Waals surface area contributed by atoms with Crippen LogP contribution in [0.5, 0.6) is 5.75 Å². The zero-order chi connectivity index (χ0) is 20.0. The summed E-state index contributed by atoms with van der Waals surface area (Å²) < 4.78 is 5.69. The minimum atomic E-state index is -0.467. The summed E-state index contributed by atoms with van der Waals surface area (Å²) >= 11 is 5.19. The maximum Gasteiger partial charge on any atom is 0.269 e. The van der Waals surface area contributed by atoms with Crippen LogP contribution in [0.25, 0.3) is 0 Å². The number of rotatable bonds is 6. The lowest BCUT2D eigenvalue weighted by molar-refractivity contribution is -0.384. The van der Waals surface area contributed by atoms with E-state index in [2.05, 4.69) is 10.6 Å². The van der Waals surface area contributed by atoms with E-state index in [1.54, 1.807) is 37.3 Å². The van der Waals surface area contributed by atoms with Gasteiger partial charge in [0.1, 0.15) is 5.75 Å². The molecule has 0 heterocycles. The molecular weight excluding hydrogens is 366 g/mol. The van der Waals surface area contributed by atoms with Crippen molar-refractivity contribution in [2.45, 2.75) is 20.8 Å². The Bertz CT molecular complexity index is 868. The predicted octanol–water partition coefficient (Wildman–Crippen LogP) is 4.06. The van der Waals surface area contributed by atoms with Gasteiger partial charge in [0.15, 0.2) is 5.11 Å². The summed E-state index contributed by atoms with van der Waals surface area (Å²) in [6.07, 6.45) is 0. The molecule has 2 rings (SSSR count). The Hall–Kier alpha value is -3.00. The molecule has 2 N–H and O–H groups in total. The third-order valence-electron chi connectivity index (χ3n) is 3.60. The number of hydrogen-bond acceptors (Lipinski definition) is 5. The summed E-state index contributed by atoms with van der Waals surface area (Å²) in [4.78, 5) is 22.9. The Morgan fingerprint density at radius 3 is 2.59 bits per heavy atom. The van der Waals surface area contributed by atoms with Gasteiger partial charge in [-0.3, -0.25) is 20.2 Å². The third kappa shape index (κ3) is 5.75. The predicted molar refractivity (Wildman–Crippen MR) is 108 cm³/mol. The van der Waals surface area contributed by atoms with E-state index in [9.17, 15) is 14.9 Å². The number of non-ortho nitro benzene ring substituents is 1. The van der Waals surface area contributed by atoms with Crippen LogP contribution in [0.2, 0.25) is 0 Å². The number of ether oxygens (including phenoxy) is 1. The molecule has 0 aliphatic heterocycles. The van der Waals surface area contributed by atoms with Crippen molar-refractivity contribution in [1.29, 1.82) is 0 Å². The summed E-state index contributed by atoms with van der Waals surface area (Å²) in [6, 6.07) is 11.3. The number of nitrogens with one attached hydrogen (secondary N) is 2. The first kappa shape index (κ1) is 20.3. The average Bonchev–Trinajstić information content (AvgIpc) is 2.61. The largest absolute Gasteiger partial charge is 0.492 e. The number of carbonyl (C=O) groups excluding carboxylic acids is 1. The van der Waals surface area contributed by atoms with Crippen LogP contribution >= 0.6 is 12.2 Å². The third-order valence-corrected chi connectivity index (χ3v) is 3.80. The second kappa shape index (κ2) is 9.09. The van der Waals surface area contributed by atoms with Gasteiger partial charge in [0.05, 0.1) is 17.1 Å². The highest BCUT2D eigenvalue weighted by atomic mass is 32.1. The lowest BCUT2D eigenvalue weighted by Gasteiger charge is -2.14. The molecule has 0 saturated heterocycles. The Labute approximate surface area is 162 Å². The number of benzene rings is 2. The lowest BCUT2D eigenvalue weighted by atomic mass is 10.1. The topological polar surface area (TPSA) is 93.5 Å². The van der Waals surface area contributed by atoms with Gasteiger partial charge in [-0.1, -0.05) is 26.0 Å². The molecule has 0 atom stereocenters. The van der Waals surface area contributed by atoms with Gasteiger partial charge in [0, 0.05) is 17.8 Å². The molecule has 0 aliphatic rings. The number of amides is 1. The molecule has 0 fully saturated rings. The van der Waals surface area contributed by atoms with E-state index in [4.69, 9.17) is 17.0 Å². The van der Waals surface area contributed by atoms with Crippen molar-refractivity contribution < 1.29 is 14.5 Å². The fourth-order valence-electron chi connectivity index (χ4n) is 2.26. The van der Waals surface area contributed by atoms with Crippen molar-refractivity contribution in [2.75, 3.05) is 11.9 Å². The molecule has 2 aromatic rings. The highest BCUT2D eigenvalue weighted by molar-refractivity contribution is 7.80. The van der Waals surface area contributed by atoms with Gasteiger partial charge in [0.2, 0.25) is 0 Å². The van der Waals surface area contributed by atoms with Crippen LogP contribution in [0, 0.1) is 23.0 Å². The Morgan fingerprint density at radius 1 is 1.26 bits per heavy atom. The van der Waals surface area contributed by atoms with Crippen molar-refractivity contribution in [3.63, 3.8) is 0 Å². The standard InChI is InChI=1S/C19H21N3O4S/c1-12(2)11-26-17-7-5-4-6-15(17)18(23)21-19(27)20-16-9-8-14(22(24)25)10-13(16)3/h4-10,12H,11H2,1-3H3,(H2,20,21,23,27). The fourth-order valence-corrected chi connectivity index (χ4v) is 2.46. The minimum absolute atomic E-state index is 0.00997. The van der Waals surface area contributed by atoms with Gasteiger partial charge in [-0.05, 0) is 48.8 Å². The Morgan fingerprint density at radius 2 is 1.96 bits per heavy atom. The van der Waals surface area contributed by atoms with Crippen molar-refractivity contribution in [3.05, 3.63) is 63.7 Å². The molecule has 0 bridgehead atoms. The SMILES string of the molecule is Cc1cc([N+](=O)[O-])ccc1NC(=S)NC(=O)c1ccccc1OCC(C)C. The summed E-state index contributed by atoms with van der Waals surface area (Å²) in [5.41, 5.74) is 1.59. The van der Waals surface area contributed by atoms with Gasteiger partial charge in [-0.2, -0.15) is 0 Å². The van der Waals surface area contributed by atoms with Gasteiger partial charge < -0.3 is 10.1 Å². The van der Waals surface area contributed by atoms with Crippen LogP contribution in [-0.4, -0.2) is 22.5 Å². The van der Waals surface area contributed by atoms with Crippen molar-refractivity contribution in [3.8, 4) is 5.75 Å². The number of aryl methyl sites for hydroxylation is 1. The van der Waals surface area contributed by atoms with Crippen molar-refractivity contribution in [1.82, 2.24) is 5.32 Å². The molecule has 2 aromatic carbocycles. The molecule has 8 heteroatoms. The van der Waals surface area contributed by atoms with Crippen LogP contribution in [0.15, 0.2) is 42.5 Å². The second-order valence-electron chi connectivity index (χ2n) is 6.37. The second-order valence-corrected chi connectivity index (χ2v) is 6.77. The van der Waals surface area contributed by atoms with E-state index in [0.29, 0.717) is 35.1 Å². The summed E-state index contributed by atoms with van der Waals surface area (Å²) in [5, 5.41) is 16.4. The van der Waals surface area contributed by atoms with Gasteiger partial charge in [-0.25, -0.2) is 0 Å². The van der Waals surface area contributed by atoms with Crippen LogP contribution < -0.4 is 15.4 Å². The van der Waals surface area contributed by atoms with Crippen LogP contribution in [0.1, 0.15) is 29.8 Å². The fraction of sp³-hybridized carbons (Fsp3) is 0.263. The van der Waals surface area contributed by atoms with E-state index in [-0.39, 0.29) is 10.8 Å². The zero-order valence-corrected chi connectivity index (χ0v) is 16.1. The van der Waals surface area contributed by atoms with Crippen molar-refractivity contribution >= 4 is 34.6 Å². The number of nitrogens with zero attached hydrogens (tertiary/aromatic N) is 1. The molecule has 1 amide bonds. The first-order chi connectivity index (χ1) is 12.8. The van der Waals surface area contributed by atoms with Gasteiger partial charge in [0.25, 0.3) is 11.6 Å². The van der Waals surface area contributed by atoms with E-state index in [0.717, 1.165) is 0 Å². The van der Waals surface area contributed by atoms with E-state index in [1.807, 2.05) is 13.8 Å². The number of nitro benzene ring substituents is 1. The molecule has 0 saturated carbocycles. The maximum atomic E-state index is 12.5. The quantitative estimate of drug-likeness (QED) is 0.441. The molecule has 142 valence electrons. The number of nitro groups is 1. The molecule has 0 unspecified atom stereocenters.